The van der Waals surface area contributed by atoms with E-state index >= 15 is 0 Å². The molecule has 1 N–H and O–H groups in total. The number of ether oxygens (including phenoxy) is 2. The lowest BCUT2D eigenvalue weighted by Crippen LogP contribution is -2.06. The normalized spacial score (nSPS) is 12.3. The van der Waals surface area contributed by atoms with Gasteiger partial charge in [0.25, 0.3) is 0 Å². The summed E-state index contributed by atoms with van der Waals surface area (Å²) >= 11 is 0. The van der Waals surface area contributed by atoms with Gasteiger partial charge in [-0.15, -0.1) is 0 Å². The lowest BCUT2D eigenvalue weighted by atomic mass is 10.2. The highest BCUT2D eigenvalue weighted by Crippen LogP contribution is 2.21. The molecule has 0 aliphatic heterocycles. The molecule has 0 amide bonds. The number of hydrogen-bond donors (Lipinski definition) is 1. The molecule has 21 heavy (non-hydrogen) atoms. The Balaban J connectivity index is 1.91. The second-order valence-electron chi connectivity index (χ2n) is 5.06. The van der Waals surface area contributed by atoms with E-state index in [1.165, 1.54) is 0 Å². The smallest absolute Gasteiger partial charge is 0.126 e. The average molecular weight is 289 g/mol. The number of anilines is 1. The van der Waals surface area contributed by atoms with Gasteiger partial charge in [0.2, 0.25) is 0 Å². The zero-order valence-electron chi connectivity index (χ0n) is 12.9. The molecule has 2 rings (SSSR count). The third kappa shape index (κ3) is 4.92. The van der Waals surface area contributed by atoms with E-state index in [0.29, 0.717) is 19.8 Å². The maximum Gasteiger partial charge on any atom is 0.126 e. The molecule has 1 unspecified atom stereocenters. The number of methoxy groups -OCH3 is 1. The quantitative estimate of drug-likeness (QED) is 0.748. The van der Waals surface area contributed by atoms with Crippen molar-refractivity contribution < 1.29 is 13.9 Å². The van der Waals surface area contributed by atoms with E-state index in [2.05, 4.69) is 24.4 Å². The molecule has 0 aliphatic rings. The molecule has 0 radical (unpaired) electrons. The van der Waals surface area contributed by atoms with Crippen molar-refractivity contribution in [2.24, 2.45) is 0 Å². The zero-order chi connectivity index (χ0) is 15.1. The summed E-state index contributed by atoms with van der Waals surface area (Å²) in [5.74, 6) is 1.87. The van der Waals surface area contributed by atoms with Crippen molar-refractivity contribution >= 4 is 5.69 Å². The van der Waals surface area contributed by atoms with Crippen LogP contribution in [0.25, 0.3) is 0 Å². The molecule has 0 aliphatic carbocycles. The summed E-state index contributed by atoms with van der Waals surface area (Å²) in [6, 6.07) is 12.3. The van der Waals surface area contributed by atoms with Crippen LogP contribution in [0.4, 0.5) is 5.69 Å². The first-order valence-corrected chi connectivity index (χ1v) is 7.17. The van der Waals surface area contributed by atoms with Crippen molar-refractivity contribution in [1.82, 2.24) is 0 Å². The molecule has 1 heterocycles. The zero-order valence-corrected chi connectivity index (χ0v) is 12.9. The Morgan fingerprint density at radius 1 is 1.19 bits per heavy atom. The third-order valence-electron chi connectivity index (χ3n) is 3.20. The van der Waals surface area contributed by atoms with Gasteiger partial charge < -0.3 is 19.2 Å². The van der Waals surface area contributed by atoms with Gasteiger partial charge in [0.1, 0.15) is 11.5 Å². The third-order valence-corrected chi connectivity index (χ3v) is 3.20. The summed E-state index contributed by atoms with van der Waals surface area (Å²) in [5, 5.41) is 3.44. The van der Waals surface area contributed by atoms with Crippen molar-refractivity contribution in [1.29, 1.82) is 0 Å². The van der Waals surface area contributed by atoms with E-state index in [-0.39, 0.29) is 6.04 Å². The van der Waals surface area contributed by atoms with E-state index in [0.717, 1.165) is 22.8 Å². The van der Waals surface area contributed by atoms with Gasteiger partial charge in [0.15, 0.2) is 0 Å². The van der Waals surface area contributed by atoms with Gasteiger partial charge >= 0.3 is 0 Å². The minimum atomic E-state index is 0.128. The van der Waals surface area contributed by atoms with Crippen molar-refractivity contribution in [3.8, 4) is 0 Å². The fraction of sp³-hybridized carbons (Fsp3) is 0.412. The fourth-order valence-corrected chi connectivity index (χ4v) is 2.09. The van der Waals surface area contributed by atoms with Crippen LogP contribution >= 0.6 is 0 Å². The fourth-order valence-electron chi connectivity index (χ4n) is 2.09. The van der Waals surface area contributed by atoms with Crippen molar-refractivity contribution in [2.75, 3.05) is 25.6 Å². The maximum atomic E-state index is 5.64. The highest BCUT2D eigenvalue weighted by atomic mass is 16.5. The Hall–Kier alpha value is -1.78. The first-order valence-electron chi connectivity index (χ1n) is 7.17. The average Bonchev–Trinajstić information content (AvgIpc) is 2.91. The predicted octanol–water partition coefficient (Wildman–Crippen LogP) is 3.92. The van der Waals surface area contributed by atoms with E-state index in [4.69, 9.17) is 13.9 Å². The Morgan fingerprint density at radius 2 is 2.05 bits per heavy atom. The van der Waals surface area contributed by atoms with Crippen molar-refractivity contribution in [3.05, 3.63) is 53.5 Å². The minimum absolute atomic E-state index is 0.128. The van der Waals surface area contributed by atoms with Gasteiger partial charge in [-0.2, -0.15) is 0 Å². The molecule has 1 aromatic carbocycles. The standard InChI is InChI=1S/C17H23NO3/c1-13-7-8-17(21-13)14(2)18-16-6-4-5-15(11-16)12-20-10-9-19-3/h4-8,11,14,18H,9-10,12H2,1-3H3. The molecular weight excluding hydrogens is 266 g/mol. The second-order valence-corrected chi connectivity index (χ2v) is 5.06. The van der Waals surface area contributed by atoms with Crippen LogP contribution in [0.3, 0.4) is 0 Å². The Bertz CT molecular complexity index is 550. The summed E-state index contributed by atoms with van der Waals surface area (Å²) in [5.41, 5.74) is 2.20. The van der Waals surface area contributed by atoms with E-state index in [1.807, 2.05) is 31.2 Å². The van der Waals surface area contributed by atoms with Crippen LogP contribution in [0.1, 0.15) is 30.0 Å². The van der Waals surface area contributed by atoms with E-state index in [9.17, 15) is 0 Å². The molecule has 0 fully saturated rings. The van der Waals surface area contributed by atoms with Gasteiger partial charge in [-0.25, -0.2) is 0 Å². The van der Waals surface area contributed by atoms with Gasteiger partial charge in [-0.3, -0.25) is 0 Å². The highest BCUT2D eigenvalue weighted by molar-refractivity contribution is 5.47. The Labute approximate surface area is 126 Å². The monoisotopic (exact) mass is 289 g/mol. The predicted molar refractivity (Wildman–Crippen MR) is 83.5 cm³/mol. The molecule has 0 spiro atoms. The first kappa shape index (κ1) is 15.6. The van der Waals surface area contributed by atoms with E-state index in [1.54, 1.807) is 7.11 Å². The maximum absolute atomic E-state index is 5.64. The Morgan fingerprint density at radius 3 is 2.76 bits per heavy atom. The van der Waals surface area contributed by atoms with Crippen molar-refractivity contribution in [3.63, 3.8) is 0 Å². The number of hydrogen-bond acceptors (Lipinski definition) is 4. The summed E-state index contributed by atoms with van der Waals surface area (Å²) in [6.45, 7) is 5.85. The second kappa shape index (κ2) is 7.86. The lowest BCUT2D eigenvalue weighted by Gasteiger charge is -2.14. The SMILES string of the molecule is COCCOCc1cccc(NC(C)c2ccc(C)o2)c1. The highest BCUT2D eigenvalue weighted by Gasteiger charge is 2.09. The van der Waals surface area contributed by atoms with Crippen LogP contribution in [0, 0.1) is 6.92 Å². The van der Waals surface area contributed by atoms with Gasteiger partial charge in [0, 0.05) is 12.8 Å². The first-order chi connectivity index (χ1) is 10.2. The van der Waals surface area contributed by atoms with Gasteiger partial charge in [0.05, 0.1) is 25.9 Å². The van der Waals surface area contributed by atoms with E-state index < -0.39 is 0 Å². The van der Waals surface area contributed by atoms with Gasteiger partial charge in [-0.05, 0) is 43.7 Å². The number of furan rings is 1. The lowest BCUT2D eigenvalue weighted by molar-refractivity contribution is 0.0617. The number of nitrogens with one attached hydrogen (secondary N) is 1. The molecule has 0 saturated heterocycles. The molecule has 2 aromatic rings. The largest absolute Gasteiger partial charge is 0.464 e. The molecule has 1 atom stereocenters. The van der Waals surface area contributed by atoms with Crippen LogP contribution in [-0.2, 0) is 16.1 Å². The molecule has 0 saturated carbocycles. The topological polar surface area (TPSA) is 43.6 Å². The summed E-state index contributed by atoms with van der Waals surface area (Å²) in [6.07, 6.45) is 0. The molecule has 4 heteroatoms. The summed E-state index contributed by atoms with van der Waals surface area (Å²) < 4.78 is 16.1. The van der Waals surface area contributed by atoms with Crippen LogP contribution < -0.4 is 5.32 Å². The molecule has 0 bridgehead atoms. The van der Waals surface area contributed by atoms with Gasteiger partial charge in [-0.1, -0.05) is 12.1 Å². The summed E-state index contributed by atoms with van der Waals surface area (Å²) in [4.78, 5) is 0. The minimum Gasteiger partial charge on any atom is -0.464 e. The number of benzene rings is 1. The number of aryl methyl sites for hydroxylation is 1. The van der Waals surface area contributed by atoms with Crippen LogP contribution in [0.15, 0.2) is 40.8 Å². The van der Waals surface area contributed by atoms with Crippen molar-refractivity contribution in [2.45, 2.75) is 26.5 Å². The molecular formula is C17H23NO3. The van der Waals surface area contributed by atoms with Crippen LogP contribution in [0.5, 0.6) is 0 Å². The van der Waals surface area contributed by atoms with Crippen LogP contribution in [0.2, 0.25) is 0 Å². The molecule has 114 valence electrons. The van der Waals surface area contributed by atoms with Crippen LogP contribution in [-0.4, -0.2) is 20.3 Å². The molecule has 1 aromatic heterocycles. The molecule has 4 nitrogen and oxygen atoms in total. The number of rotatable bonds is 8. The Kier molecular flexibility index (Phi) is 5.84. The summed E-state index contributed by atoms with van der Waals surface area (Å²) in [7, 11) is 1.67.